The number of methoxy groups -OCH3 is 1. The second-order valence-electron chi connectivity index (χ2n) is 8.27. The molecule has 0 amide bonds. The van der Waals surface area contributed by atoms with Crippen LogP contribution in [-0.4, -0.2) is 47.7 Å². The molecule has 1 N–H and O–H groups in total. The number of thiocarbonyl (C=S) groups is 1. The number of nitrogens with zero attached hydrogens (tertiary/aromatic N) is 3. The maximum Gasteiger partial charge on any atom is 0.228 e. The van der Waals surface area contributed by atoms with E-state index < -0.39 is 9.84 Å². The molecule has 0 bridgehead atoms. The van der Waals surface area contributed by atoms with Gasteiger partial charge in [-0.25, -0.2) is 13.4 Å². The summed E-state index contributed by atoms with van der Waals surface area (Å²) in [7, 11) is -2.08. The first-order valence-electron chi connectivity index (χ1n) is 10.5. The lowest BCUT2D eigenvalue weighted by Crippen LogP contribution is -2.42. The van der Waals surface area contributed by atoms with E-state index in [4.69, 9.17) is 17.0 Å². The van der Waals surface area contributed by atoms with E-state index in [1.807, 2.05) is 30.2 Å². The van der Waals surface area contributed by atoms with Crippen molar-refractivity contribution in [2.45, 2.75) is 64.7 Å². The first-order valence-corrected chi connectivity index (χ1v) is 12.6. The Morgan fingerprint density at radius 1 is 1.29 bits per heavy atom. The molecule has 0 aliphatic heterocycles. The molecule has 1 aromatic carbocycles. The summed E-state index contributed by atoms with van der Waals surface area (Å²) >= 11 is 5.53. The average Bonchev–Trinajstić information content (AvgIpc) is 3.07. The first-order chi connectivity index (χ1) is 14.6. The zero-order valence-corrected chi connectivity index (χ0v) is 20.9. The highest BCUT2D eigenvalue weighted by Gasteiger charge is 2.25. The van der Waals surface area contributed by atoms with Gasteiger partial charge in [0.15, 0.2) is 5.11 Å². The number of aromatic nitrogens is 2. The van der Waals surface area contributed by atoms with Crippen molar-refractivity contribution >= 4 is 27.2 Å². The molecule has 7 nitrogen and oxygen atoms in total. The number of imidazole rings is 1. The molecule has 9 heteroatoms. The predicted molar refractivity (Wildman–Crippen MR) is 128 cm³/mol. The molecule has 0 spiro atoms. The largest absolute Gasteiger partial charge is 0.497 e. The van der Waals surface area contributed by atoms with Gasteiger partial charge in [0.25, 0.3) is 0 Å². The van der Waals surface area contributed by atoms with Crippen LogP contribution in [0.15, 0.2) is 35.6 Å². The van der Waals surface area contributed by atoms with Gasteiger partial charge >= 0.3 is 0 Å². The average molecular weight is 467 g/mol. The normalized spacial score (nSPS) is 11.7. The van der Waals surface area contributed by atoms with Crippen molar-refractivity contribution in [1.29, 1.82) is 0 Å². The highest BCUT2D eigenvalue weighted by atomic mass is 32.2. The fourth-order valence-corrected chi connectivity index (χ4v) is 5.15. The van der Waals surface area contributed by atoms with Crippen LogP contribution in [0.2, 0.25) is 0 Å². The minimum Gasteiger partial charge on any atom is -0.497 e. The molecule has 0 unspecified atom stereocenters. The van der Waals surface area contributed by atoms with Crippen molar-refractivity contribution in [2.24, 2.45) is 5.92 Å². The summed E-state index contributed by atoms with van der Waals surface area (Å²) in [6.07, 6.45) is 1.65. The molecule has 172 valence electrons. The molecule has 0 saturated heterocycles. The van der Waals surface area contributed by atoms with E-state index in [0.717, 1.165) is 5.69 Å². The second-order valence-corrected chi connectivity index (χ2v) is 10.5. The zero-order valence-electron chi connectivity index (χ0n) is 19.3. The monoisotopic (exact) mass is 466 g/mol. The fourth-order valence-electron chi connectivity index (χ4n) is 3.23. The van der Waals surface area contributed by atoms with Crippen molar-refractivity contribution in [3.8, 4) is 5.75 Å². The SMILES string of the molecule is CCN(Cc1cnc(S(=O)(=O)Cc2cccc(OC)c2)n1CC(C)C)C(=S)NC(C)C. The quantitative estimate of drug-likeness (QED) is 0.536. The van der Waals surface area contributed by atoms with E-state index in [1.54, 1.807) is 37.6 Å². The van der Waals surface area contributed by atoms with Gasteiger partial charge in [-0.05, 0) is 56.6 Å². The molecule has 1 aromatic heterocycles. The molecular formula is C22H34N4O3S2. The fraction of sp³-hybridized carbons (Fsp3) is 0.545. The summed E-state index contributed by atoms with van der Waals surface area (Å²) in [5.74, 6) is 0.752. The summed E-state index contributed by atoms with van der Waals surface area (Å²) in [6.45, 7) is 12.0. The Morgan fingerprint density at radius 3 is 2.58 bits per heavy atom. The lowest BCUT2D eigenvalue weighted by molar-refractivity contribution is 0.390. The van der Waals surface area contributed by atoms with Crippen LogP contribution in [0.25, 0.3) is 0 Å². The highest BCUT2D eigenvalue weighted by Crippen LogP contribution is 2.22. The number of hydrogen-bond acceptors (Lipinski definition) is 5. The molecule has 0 radical (unpaired) electrons. The lowest BCUT2D eigenvalue weighted by Gasteiger charge is -2.26. The topological polar surface area (TPSA) is 76.5 Å². The summed E-state index contributed by atoms with van der Waals surface area (Å²) in [5.41, 5.74) is 1.49. The van der Waals surface area contributed by atoms with Crippen LogP contribution in [0, 0.1) is 5.92 Å². The van der Waals surface area contributed by atoms with E-state index in [9.17, 15) is 8.42 Å². The van der Waals surface area contributed by atoms with Crippen molar-refractivity contribution in [2.75, 3.05) is 13.7 Å². The molecule has 1 heterocycles. The van der Waals surface area contributed by atoms with Gasteiger partial charge < -0.3 is 19.5 Å². The van der Waals surface area contributed by atoms with Crippen molar-refractivity contribution in [1.82, 2.24) is 19.8 Å². The number of nitrogens with one attached hydrogen (secondary N) is 1. The van der Waals surface area contributed by atoms with E-state index in [1.165, 1.54) is 0 Å². The summed E-state index contributed by atoms with van der Waals surface area (Å²) in [4.78, 5) is 6.36. The maximum absolute atomic E-state index is 13.3. The standard InChI is InChI=1S/C22H34N4O3S2/c1-7-25(21(30)24-17(4)5)14-19-12-23-22(26(19)13-16(2)3)31(27,28)15-18-9-8-10-20(11-18)29-6/h8-12,16-17H,7,13-15H2,1-6H3,(H,24,30). The lowest BCUT2D eigenvalue weighted by atomic mass is 10.2. The van der Waals surface area contributed by atoms with Gasteiger partial charge in [-0.2, -0.15) is 0 Å². The Morgan fingerprint density at radius 2 is 2.00 bits per heavy atom. The van der Waals surface area contributed by atoms with E-state index in [-0.39, 0.29) is 22.9 Å². The summed E-state index contributed by atoms with van der Waals surface area (Å²) in [6, 6.07) is 7.33. The summed E-state index contributed by atoms with van der Waals surface area (Å²) < 4.78 is 33.6. The third-order valence-corrected chi connectivity index (χ3v) is 6.62. The molecular weight excluding hydrogens is 432 g/mol. The maximum atomic E-state index is 13.3. The molecule has 0 aliphatic rings. The minimum absolute atomic E-state index is 0.0952. The number of benzene rings is 1. The Kier molecular flexibility index (Phi) is 8.88. The third kappa shape index (κ3) is 6.93. The van der Waals surface area contributed by atoms with Crippen LogP contribution in [-0.2, 0) is 28.7 Å². The second kappa shape index (κ2) is 10.9. The van der Waals surface area contributed by atoms with Gasteiger partial charge in [0.1, 0.15) is 5.75 Å². The van der Waals surface area contributed by atoms with Crippen LogP contribution in [0.4, 0.5) is 0 Å². The number of rotatable bonds is 10. The molecule has 0 atom stereocenters. The molecule has 31 heavy (non-hydrogen) atoms. The predicted octanol–water partition coefficient (Wildman–Crippen LogP) is 3.63. The van der Waals surface area contributed by atoms with Crippen LogP contribution in [0.1, 0.15) is 45.9 Å². The van der Waals surface area contributed by atoms with Gasteiger partial charge in [-0.3, -0.25) is 0 Å². The van der Waals surface area contributed by atoms with E-state index in [2.05, 4.69) is 24.1 Å². The van der Waals surface area contributed by atoms with Gasteiger partial charge in [-0.1, -0.05) is 26.0 Å². The van der Waals surface area contributed by atoms with Gasteiger partial charge in [0, 0.05) is 19.1 Å². The molecule has 2 rings (SSSR count). The van der Waals surface area contributed by atoms with Crippen molar-refractivity contribution < 1.29 is 13.2 Å². The third-order valence-electron chi connectivity index (χ3n) is 4.65. The van der Waals surface area contributed by atoms with Crippen LogP contribution in [0.5, 0.6) is 5.75 Å². The molecule has 0 fully saturated rings. The van der Waals surface area contributed by atoms with E-state index in [0.29, 0.717) is 36.1 Å². The van der Waals surface area contributed by atoms with Crippen LogP contribution in [0.3, 0.4) is 0 Å². The van der Waals surface area contributed by atoms with Gasteiger partial charge in [-0.15, -0.1) is 0 Å². The van der Waals surface area contributed by atoms with Gasteiger partial charge in [0.2, 0.25) is 15.0 Å². The number of ether oxygens (including phenoxy) is 1. The van der Waals surface area contributed by atoms with Crippen LogP contribution < -0.4 is 10.1 Å². The Bertz CT molecular complexity index is 984. The molecule has 0 aliphatic carbocycles. The number of hydrogen-bond donors (Lipinski definition) is 1. The van der Waals surface area contributed by atoms with Crippen LogP contribution >= 0.6 is 12.2 Å². The smallest absolute Gasteiger partial charge is 0.228 e. The molecule has 0 saturated carbocycles. The zero-order chi connectivity index (χ0) is 23.2. The Balaban J connectivity index is 2.37. The highest BCUT2D eigenvalue weighted by molar-refractivity contribution is 7.90. The van der Waals surface area contributed by atoms with Gasteiger partial charge in [0.05, 0.1) is 31.3 Å². The van der Waals surface area contributed by atoms with Crippen molar-refractivity contribution in [3.05, 3.63) is 41.7 Å². The number of sulfone groups is 1. The molecule has 2 aromatic rings. The summed E-state index contributed by atoms with van der Waals surface area (Å²) in [5, 5.41) is 4.00. The minimum atomic E-state index is -3.65. The Labute approximate surface area is 191 Å². The first kappa shape index (κ1) is 25.1. The Hall–Kier alpha value is -2.13. The van der Waals surface area contributed by atoms with Crippen molar-refractivity contribution in [3.63, 3.8) is 0 Å². The van der Waals surface area contributed by atoms with E-state index >= 15 is 0 Å².